The molecule has 1 atom stereocenters. The van der Waals surface area contributed by atoms with Crippen LogP contribution in [0.3, 0.4) is 0 Å². The molecule has 4 nitrogen and oxygen atoms in total. The quantitative estimate of drug-likeness (QED) is 0.616. The van der Waals surface area contributed by atoms with Gasteiger partial charge < -0.3 is 14.9 Å². The zero-order chi connectivity index (χ0) is 23.5. The lowest BCUT2D eigenvalue weighted by molar-refractivity contribution is -0.128. The first-order valence-corrected chi connectivity index (χ1v) is 12.8. The Balaban J connectivity index is 1.07. The highest BCUT2D eigenvalue weighted by Gasteiger charge is 2.38. The SMILES string of the molecule is O=C(C=Cc1ccc(Cl)cc1)N1CCC(C(O)CN2CCC3(C=Cc4ccccc43)CC2)CC1. The van der Waals surface area contributed by atoms with Crippen molar-refractivity contribution < 1.29 is 9.90 Å². The summed E-state index contributed by atoms with van der Waals surface area (Å²) < 4.78 is 0. The van der Waals surface area contributed by atoms with Crippen molar-refractivity contribution in [1.82, 2.24) is 9.80 Å². The first-order chi connectivity index (χ1) is 16.5. The first-order valence-electron chi connectivity index (χ1n) is 12.4. The fourth-order valence-electron chi connectivity index (χ4n) is 5.77. The minimum absolute atomic E-state index is 0.0362. The van der Waals surface area contributed by atoms with Crippen molar-refractivity contribution in [3.8, 4) is 0 Å². The summed E-state index contributed by atoms with van der Waals surface area (Å²) in [5.74, 6) is 0.293. The highest BCUT2D eigenvalue weighted by Crippen LogP contribution is 2.43. The van der Waals surface area contributed by atoms with Gasteiger partial charge in [-0.3, -0.25) is 4.79 Å². The molecule has 178 valence electrons. The fraction of sp³-hybridized carbons (Fsp3) is 0.414. The Labute approximate surface area is 207 Å². The van der Waals surface area contributed by atoms with Crippen molar-refractivity contribution in [1.29, 1.82) is 0 Å². The number of hydrogen-bond acceptors (Lipinski definition) is 3. The minimum Gasteiger partial charge on any atom is -0.392 e. The molecule has 2 fully saturated rings. The molecule has 0 saturated carbocycles. The number of aliphatic hydroxyl groups is 1. The normalized spacial score (nSPS) is 21.3. The zero-order valence-corrected chi connectivity index (χ0v) is 20.3. The number of carbonyl (C=O) groups is 1. The van der Waals surface area contributed by atoms with E-state index in [4.69, 9.17) is 11.6 Å². The van der Waals surface area contributed by atoms with Crippen molar-refractivity contribution in [3.63, 3.8) is 0 Å². The van der Waals surface area contributed by atoms with Gasteiger partial charge in [0.15, 0.2) is 0 Å². The predicted octanol–water partition coefficient (Wildman–Crippen LogP) is 5.01. The van der Waals surface area contributed by atoms with E-state index in [0.717, 1.165) is 50.9 Å². The highest BCUT2D eigenvalue weighted by molar-refractivity contribution is 6.30. The number of aliphatic hydroxyl groups excluding tert-OH is 1. The van der Waals surface area contributed by atoms with Crippen LogP contribution in [0.15, 0.2) is 60.7 Å². The number of hydrogen-bond donors (Lipinski definition) is 1. The van der Waals surface area contributed by atoms with Crippen molar-refractivity contribution in [2.24, 2.45) is 5.92 Å². The van der Waals surface area contributed by atoms with Gasteiger partial charge >= 0.3 is 0 Å². The topological polar surface area (TPSA) is 43.8 Å². The fourth-order valence-corrected chi connectivity index (χ4v) is 5.90. The number of carbonyl (C=O) groups excluding carboxylic acids is 1. The average molecular weight is 477 g/mol. The van der Waals surface area contributed by atoms with Crippen LogP contribution in [0.1, 0.15) is 42.4 Å². The molecular weight excluding hydrogens is 444 g/mol. The molecule has 3 aliphatic rings. The van der Waals surface area contributed by atoms with Crippen LogP contribution in [-0.4, -0.2) is 59.6 Å². The Kier molecular flexibility index (Phi) is 6.91. The van der Waals surface area contributed by atoms with E-state index in [1.165, 1.54) is 11.1 Å². The Morgan fingerprint density at radius 3 is 2.50 bits per heavy atom. The van der Waals surface area contributed by atoms with Crippen LogP contribution in [0.5, 0.6) is 0 Å². The second kappa shape index (κ2) is 10.1. The van der Waals surface area contributed by atoms with E-state index in [9.17, 15) is 9.90 Å². The number of rotatable bonds is 5. The molecule has 5 rings (SSSR count). The molecule has 2 saturated heterocycles. The largest absolute Gasteiger partial charge is 0.392 e. The van der Waals surface area contributed by atoms with Gasteiger partial charge in [-0.1, -0.05) is 60.2 Å². The van der Waals surface area contributed by atoms with Gasteiger partial charge in [0.25, 0.3) is 0 Å². The third kappa shape index (κ3) is 5.00. The van der Waals surface area contributed by atoms with E-state index in [0.29, 0.717) is 18.1 Å². The van der Waals surface area contributed by atoms with Gasteiger partial charge in [0, 0.05) is 36.1 Å². The molecule has 2 heterocycles. The predicted molar refractivity (Wildman–Crippen MR) is 139 cm³/mol. The average Bonchev–Trinajstić information content (AvgIpc) is 3.23. The summed E-state index contributed by atoms with van der Waals surface area (Å²) in [6.45, 7) is 4.17. The zero-order valence-electron chi connectivity index (χ0n) is 19.6. The van der Waals surface area contributed by atoms with Crippen LogP contribution < -0.4 is 0 Å². The molecule has 1 N–H and O–H groups in total. The van der Waals surface area contributed by atoms with E-state index in [1.54, 1.807) is 6.08 Å². The molecule has 34 heavy (non-hydrogen) atoms. The summed E-state index contributed by atoms with van der Waals surface area (Å²) in [5.41, 5.74) is 3.98. The van der Waals surface area contributed by atoms with Crippen molar-refractivity contribution >= 4 is 29.7 Å². The summed E-state index contributed by atoms with van der Waals surface area (Å²) in [7, 11) is 0. The Hall–Kier alpha value is -2.40. The molecule has 0 aromatic heterocycles. The molecule has 1 amide bonds. The van der Waals surface area contributed by atoms with Crippen LogP contribution in [-0.2, 0) is 10.2 Å². The van der Waals surface area contributed by atoms with Crippen LogP contribution >= 0.6 is 11.6 Å². The number of benzene rings is 2. The first kappa shape index (κ1) is 23.3. The molecular formula is C29H33ClN2O2. The molecule has 1 aliphatic carbocycles. The van der Waals surface area contributed by atoms with Gasteiger partial charge in [0.05, 0.1) is 6.10 Å². The van der Waals surface area contributed by atoms with Gasteiger partial charge in [0.1, 0.15) is 0 Å². The number of fused-ring (bicyclic) bond motifs is 2. The lowest BCUT2D eigenvalue weighted by atomic mass is 9.74. The number of amides is 1. The van der Waals surface area contributed by atoms with E-state index >= 15 is 0 Å². The standard InChI is InChI=1S/C29H33ClN2O2/c30-25-8-5-22(6-9-25)7-10-28(34)32-17-12-24(13-18-32)27(33)21-31-19-15-29(16-20-31)14-11-23-3-1-2-4-26(23)29/h1-11,14,24,27,33H,12-13,15-21H2. The summed E-state index contributed by atoms with van der Waals surface area (Å²) in [6.07, 6.45) is 11.8. The molecule has 5 heteroatoms. The summed E-state index contributed by atoms with van der Waals surface area (Å²) in [5, 5.41) is 11.6. The number of likely N-dealkylation sites (tertiary alicyclic amines) is 2. The second-order valence-corrected chi connectivity index (χ2v) is 10.4. The Bertz CT molecular complexity index is 1060. The molecule has 1 unspecified atom stereocenters. The van der Waals surface area contributed by atoms with Crippen LogP contribution in [0.4, 0.5) is 0 Å². The lowest BCUT2D eigenvalue weighted by Crippen LogP contribution is -2.47. The van der Waals surface area contributed by atoms with Gasteiger partial charge in [-0.2, -0.15) is 0 Å². The Morgan fingerprint density at radius 2 is 1.76 bits per heavy atom. The highest BCUT2D eigenvalue weighted by atomic mass is 35.5. The van der Waals surface area contributed by atoms with Gasteiger partial charge in [0.2, 0.25) is 5.91 Å². The van der Waals surface area contributed by atoms with Crippen LogP contribution in [0, 0.1) is 5.92 Å². The Morgan fingerprint density at radius 1 is 1.06 bits per heavy atom. The molecule has 2 aliphatic heterocycles. The van der Waals surface area contributed by atoms with Gasteiger partial charge in [-0.25, -0.2) is 0 Å². The minimum atomic E-state index is -0.331. The third-order valence-corrected chi connectivity index (χ3v) is 8.21. The summed E-state index contributed by atoms with van der Waals surface area (Å²) in [4.78, 5) is 16.9. The maximum Gasteiger partial charge on any atom is 0.246 e. The lowest BCUT2D eigenvalue weighted by Gasteiger charge is -2.41. The third-order valence-electron chi connectivity index (χ3n) is 7.96. The maximum atomic E-state index is 12.6. The van der Waals surface area contributed by atoms with Crippen molar-refractivity contribution in [3.05, 3.63) is 82.4 Å². The number of nitrogens with zero attached hydrogens (tertiary/aromatic N) is 2. The molecule has 0 bridgehead atoms. The summed E-state index contributed by atoms with van der Waals surface area (Å²) in [6, 6.07) is 16.2. The van der Waals surface area contributed by atoms with Crippen LogP contribution in [0.25, 0.3) is 12.2 Å². The maximum absolute atomic E-state index is 12.6. The van der Waals surface area contributed by atoms with E-state index < -0.39 is 0 Å². The smallest absolute Gasteiger partial charge is 0.246 e. The van der Waals surface area contributed by atoms with Gasteiger partial charge in [-0.15, -0.1) is 0 Å². The van der Waals surface area contributed by atoms with E-state index in [2.05, 4.69) is 41.3 Å². The summed E-state index contributed by atoms with van der Waals surface area (Å²) >= 11 is 5.92. The number of allylic oxidation sites excluding steroid dienone is 1. The molecule has 2 aromatic carbocycles. The number of halogens is 1. The number of piperidine rings is 2. The molecule has 2 aromatic rings. The monoisotopic (exact) mass is 476 g/mol. The van der Waals surface area contributed by atoms with Crippen molar-refractivity contribution in [2.75, 3.05) is 32.7 Å². The van der Waals surface area contributed by atoms with E-state index in [-0.39, 0.29) is 23.3 Å². The van der Waals surface area contributed by atoms with Crippen molar-refractivity contribution in [2.45, 2.75) is 37.2 Å². The number of β-amino-alcohol motifs (C(OH)–C–C–N with tert-alkyl or cyclic N) is 1. The van der Waals surface area contributed by atoms with E-state index in [1.807, 2.05) is 35.2 Å². The van der Waals surface area contributed by atoms with Crippen LogP contribution in [0.2, 0.25) is 5.02 Å². The molecule has 0 radical (unpaired) electrons. The van der Waals surface area contributed by atoms with Gasteiger partial charge in [-0.05, 0) is 79.6 Å². The second-order valence-electron chi connectivity index (χ2n) is 9.99. The molecule has 1 spiro atoms.